The lowest BCUT2D eigenvalue weighted by Gasteiger charge is -2.15. The topological polar surface area (TPSA) is 43.4 Å². The molecule has 0 saturated heterocycles. The minimum absolute atomic E-state index is 0.105. The number of unbranched alkanes of at least 4 members (excludes halogenated alkanes) is 26. The third-order valence-electron chi connectivity index (χ3n) is 9.69. The van der Waals surface area contributed by atoms with Crippen molar-refractivity contribution < 1.29 is 14.3 Å². The van der Waals surface area contributed by atoms with Gasteiger partial charge >= 0.3 is 11.9 Å². The Balaban J connectivity index is 4.07. The predicted molar refractivity (Wildman–Crippen MR) is 207 cm³/mol. The van der Waals surface area contributed by atoms with Gasteiger partial charge in [-0.15, -0.1) is 0 Å². The first-order valence-electron chi connectivity index (χ1n) is 21.2. The van der Waals surface area contributed by atoms with Crippen LogP contribution in [0, 0.1) is 5.92 Å². The number of hydrogen-bond acceptors (Lipinski definition) is 3. The van der Waals surface area contributed by atoms with E-state index < -0.39 is 0 Å². The molecule has 3 nitrogen and oxygen atoms in total. The van der Waals surface area contributed by atoms with Crippen LogP contribution in [0.1, 0.15) is 239 Å². The number of carbonyl (C=O) groups excluding carboxylic acids is 2. The van der Waals surface area contributed by atoms with E-state index >= 15 is 0 Å². The predicted octanol–water partition coefficient (Wildman–Crippen LogP) is 15.1. The Morgan fingerprint density at radius 1 is 0.426 bits per heavy atom. The largest absolute Gasteiger partial charge is 0.393 e. The Morgan fingerprint density at radius 2 is 0.766 bits per heavy atom. The van der Waals surface area contributed by atoms with Crippen molar-refractivity contribution in [3.63, 3.8) is 0 Å². The summed E-state index contributed by atoms with van der Waals surface area (Å²) in [4.78, 5) is 25.5. The van der Waals surface area contributed by atoms with Gasteiger partial charge in [0.1, 0.15) is 0 Å². The molecule has 0 bridgehead atoms. The molecule has 0 saturated carbocycles. The number of rotatable bonds is 37. The van der Waals surface area contributed by atoms with Gasteiger partial charge in [0.25, 0.3) is 0 Å². The van der Waals surface area contributed by atoms with Gasteiger partial charge in [0.05, 0.1) is 5.92 Å². The lowest BCUT2D eigenvalue weighted by atomic mass is 9.94. The van der Waals surface area contributed by atoms with Gasteiger partial charge < -0.3 is 4.74 Å². The van der Waals surface area contributed by atoms with Gasteiger partial charge in [-0.1, -0.05) is 206 Å². The molecule has 0 aromatic heterocycles. The molecule has 47 heavy (non-hydrogen) atoms. The second-order valence-electron chi connectivity index (χ2n) is 14.4. The van der Waals surface area contributed by atoms with E-state index in [9.17, 15) is 9.59 Å². The second kappa shape index (κ2) is 39.1. The molecule has 0 aromatic carbocycles. The average molecular weight is 659 g/mol. The van der Waals surface area contributed by atoms with Crippen LogP contribution in [0.2, 0.25) is 0 Å². The van der Waals surface area contributed by atoms with Crippen LogP contribution in [0.15, 0.2) is 24.3 Å². The van der Waals surface area contributed by atoms with Crippen LogP contribution in [-0.4, -0.2) is 11.9 Å². The number of esters is 2. The van der Waals surface area contributed by atoms with Crippen molar-refractivity contribution >= 4 is 11.9 Å². The van der Waals surface area contributed by atoms with Crippen LogP contribution in [0.3, 0.4) is 0 Å². The summed E-state index contributed by atoms with van der Waals surface area (Å²) >= 11 is 0. The molecule has 0 spiro atoms. The van der Waals surface area contributed by atoms with Crippen LogP contribution < -0.4 is 0 Å². The molecule has 0 aromatic rings. The molecule has 1 unspecified atom stereocenters. The maximum atomic E-state index is 13.0. The van der Waals surface area contributed by atoms with E-state index in [4.69, 9.17) is 4.74 Å². The van der Waals surface area contributed by atoms with Crippen LogP contribution in [0.4, 0.5) is 0 Å². The van der Waals surface area contributed by atoms with Crippen LogP contribution >= 0.6 is 0 Å². The molecule has 1 atom stereocenters. The van der Waals surface area contributed by atoms with E-state index in [2.05, 4.69) is 45.1 Å². The summed E-state index contributed by atoms with van der Waals surface area (Å²) in [5, 5.41) is 0. The summed E-state index contributed by atoms with van der Waals surface area (Å²) in [5.41, 5.74) is 0. The Hall–Kier alpha value is -1.38. The summed E-state index contributed by atoms with van der Waals surface area (Å²) in [5.74, 6) is -0.664. The van der Waals surface area contributed by atoms with E-state index in [0.29, 0.717) is 6.42 Å². The van der Waals surface area contributed by atoms with Gasteiger partial charge in [0.2, 0.25) is 0 Å². The number of ether oxygens (including phenoxy) is 1. The highest BCUT2D eigenvalue weighted by Gasteiger charge is 2.22. The van der Waals surface area contributed by atoms with Gasteiger partial charge in [-0.2, -0.15) is 0 Å². The van der Waals surface area contributed by atoms with Gasteiger partial charge in [-0.25, -0.2) is 0 Å². The molecule has 0 aliphatic carbocycles. The van der Waals surface area contributed by atoms with Gasteiger partial charge in [0, 0.05) is 6.42 Å². The molecule has 0 radical (unpaired) electrons. The zero-order chi connectivity index (χ0) is 34.3. The quantitative estimate of drug-likeness (QED) is 0.0289. The van der Waals surface area contributed by atoms with Crippen molar-refractivity contribution in [2.45, 2.75) is 239 Å². The Kier molecular flexibility index (Phi) is 37.9. The van der Waals surface area contributed by atoms with Gasteiger partial charge in [-0.3, -0.25) is 9.59 Å². The van der Waals surface area contributed by atoms with Crippen molar-refractivity contribution in [2.24, 2.45) is 5.92 Å². The zero-order valence-electron chi connectivity index (χ0n) is 32.2. The molecule has 0 amide bonds. The SMILES string of the molecule is CCCCCC=CCC=CCCCCCCCC(=O)OC(=O)C(CCCCCCCC)CCCCCCCCCCCCCCCC. The van der Waals surface area contributed by atoms with Crippen molar-refractivity contribution in [2.75, 3.05) is 0 Å². The first kappa shape index (κ1) is 45.6. The molecule has 0 aliphatic heterocycles. The van der Waals surface area contributed by atoms with Crippen LogP contribution in [0.5, 0.6) is 0 Å². The number of allylic oxidation sites excluding steroid dienone is 4. The summed E-state index contributed by atoms with van der Waals surface area (Å²) < 4.78 is 5.40. The maximum absolute atomic E-state index is 13.0. The normalized spacial score (nSPS) is 12.4. The Bertz CT molecular complexity index is 709. The highest BCUT2D eigenvalue weighted by Crippen LogP contribution is 2.22. The first-order chi connectivity index (χ1) is 23.2. The van der Waals surface area contributed by atoms with Crippen molar-refractivity contribution in [3.8, 4) is 0 Å². The third-order valence-corrected chi connectivity index (χ3v) is 9.69. The lowest BCUT2D eigenvalue weighted by Crippen LogP contribution is -2.21. The van der Waals surface area contributed by atoms with Crippen molar-refractivity contribution in [3.05, 3.63) is 24.3 Å². The number of carbonyl (C=O) groups is 2. The summed E-state index contributed by atoms with van der Waals surface area (Å²) in [7, 11) is 0. The minimum Gasteiger partial charge on any atom is -0.393 e. The summed E-state index contributed by atoms with van der Waals surface area (Å²) in [6.07, 6.45) is 50.2. The molecule has 0 N–H and O–H groups in total. The van der Waals surface area contributed by atoms with Gasteiger partial charge in [0.15, 0.2) is 0 Å². The van der Waals surface area contributed by atoms with Crippen molar-refractivity contribution in [1.82, 2.24) is 0 Å². The first-order valence-corrected chi connectivity index (χ1v) is 21.2. The molecular formula is C44H82O3. The van der Waals surface area contributed by atoms with E-state index in [-0.39, 0.29) is 17.9 Å². The smallest absolute Gasteiger partial charge is 0.316 e. The molecular weight excluding hydrogens is 576 g/mol. The minimum atomic E-state index is -0.311. The molecule has 0 fully saturated rings. The number of hydrogen-bond donors (Lipinski definition) is 0. The molecule has 276 valence electrons. The van der Waals surface area contributed by atoms with Crippen LogP contribution in [-0.2, 0) is 14.3 Å². The highest BCUT2D eigenvalue weighted by molar-refractivity contribution is 5.86. The Morgan fingerprint density at radius 3 is 1.21 bits per heavy atom. The average Bonchev–Trinajstić information content (AvgIpc) is 3.07. The molecule has 0 aliphatic rings. The fourth-order valence-electron chi connectivity index (χ4n) is 6.46. The zero-order valence-corrected chi connectivity index (χ0v) is 32.2. The van der Waals surface area contributed by atoms with E-state index in [1.54, 1.807) is 0 Å². The second-order valence-corrected chi connectivity index (χ2v) is 14.4. The van der Waals surface area contributed by atoms with E-state index in [1.165, 1.54) is 154 Å². The molecule has 0 heterocycles. The fourth-order valence-corrected chi connectivity index (χ4v) is 6.46. The highest BCUT2D eigenvalue weighted by atomic mass is 16.6. The third kappa shape index (κ3) is 35.7. The van der Waals surface area contributed by atoms with Crippen LogP contribution in [0.25, 0.3) is 0 Å². The van der Waals surface area contributed by atoms with E-state index in [1.807, 2.05) is 0 Å². The summed E-state index contributed by atoms with van der Waals surface area (Å²) in [6.45, 7) is 6.78. The molecule has 3 heteroatoms. The lowest BCUT2D eigenvalue weighted by molar-refractivity contribution is -0.163. The fraction of sp³-hybridized carbons (Fsp3) is 0.864. The maximum Gasteiger partial charge on any atom is 0.316 e. The standard InChI is InChI=1S/C44H82O3/c1-4-7-10-13-16-18-20-22-24-26-28-30-32-35-38-41-43(45)47-44(46)42(39-36-33-15-12-9-6-3)40-37-34-31-29-27-25-23-21-19-17-14-11-8-5-2/h16,18,22,24,42H,4-15,17,19-21,23,25-41H2,1-3H3. The van der Waals surface area contributed by atoms with Crippen molar-refractivity contribution in [1.29, 1.82) is 0 Å². The molecule has 0 rings (SSSR count). The van der Waals surface area contributed by atoms with Gasteiger partial charge in [-0.05, 0) is 51.4 Å². The Labute approximate surface area is 294 Å². The van der Waals surface area contributed by atoms with E-state index in [0.717, 1.165) is 57.8 Å². The summed E-state index contributed by atoms with van der Waals surface area (Å²) in [6, 6.07) is 0. The monoisotopic (exact) mass is 659 g/mol.